The lowest BCUT2D eigenvalue weighted by Gasteiger charge is -2.27. The van der Waals surface area contributed by atoms with Crippen molar-refractivity contribution in [1.82, 2.24) is 15.1 Å². The molecule has 4 nitrogen and oxygen atoms in total. The molecule has 102 valence electrons. The van der Waals surface area contributed by atoms with E-state index in [1.54, 1.807) is 0 Å². The molecular formula is C13H29N3O. The zero-order valence-electron chi connectivity index (χ0n) is 11.7. The molecule has 1 N–H and O–H groups in total. The van der Waals surface area contributed by atoms with Crippen molar-refractivity contribution in [3.8, 4) is 0 Å². The number of hydrogen-bond acceptors (Lipinski definition) is 4. The molecule has 1 rings (SSSR count). The van der Waals surface area contributed by atoms with Gasteiger partial charge >= 0.3 is 0 Å². The van der Waals surface area contributed by atoms with E-state index in [-0.39, 0.29) is 0 Å². The quantitative estimate of drug-likeness (QED) is 0.602. The van der Waals surface area contributed by atoms with Crippen molar-refractivity contribution in [3.05, 3.63) is 0 Å². The minimum Gasteiger partial charge on any atom is -0.380 e. The van der Waals surface area contributed by atoms with Crippen molar-refractivity contribution >= 4 is 0 Å². The number of likely N-dealkylation sites (tertiary alicyclic amines) is 1. The Labute approximate surface area is 106 Å². The third kappa shape index (κ3) is 6.36. The Balaban J connectivity index is 2.05. The molecule has 0 radical (unpaired) electrons. The summed E-state index contributed by atoms with van der Waals surface area (Å²) in [5.74, 6) is 0. The van der Waals surface area contributed by atoms with Crippen LogP contribution in [-0.4, -0.2) is 75.9 Å². The van der Waals surface area contributed by atoms with Gasteiger partial charge in [-0.25, -0.2) is 0 Å². The lowest BCUT2D eigenvalue weighted by atomic mass is 10.2. The van der Waals surface area contributed by atoms with Crippen molar-refractivity contribution in [3.63, 3.8) is 0 Å². The van der Waals surface area contributed by atoms with Gasteiger partial charge in [0.25, 0.3) is 0 Å². The molecule has 1 unspecified atom stereocenters. The van der Waals surface area contributed by atoms with Crippen LogP contribution in [0, 0.1) is 0 Å². The van der Waals surface area contributed by atoms with Gasteiger partial charge in [0.1, 0.15) is 0 Å². The smallest absolute Gasteiger partial charge is 0.0590 e. The first-order valence-electron chi connectivity index (χ1n) is 6.91. The van der Waals surface area contributed by atoms with E-state index in [4.69, 9.17) is 4.74 Å². The highest BCUT2D eigenvalue weighted by Gasteiger charge is 2.23. The summed E-state index contributed by atoms with van der Waals surface area (Å²) in [6, 6.07) is 0.763. The minimum absolute atomic E-state index is 0.763. The van der Waals surface area contributed by atoms with Gasteiger partial charge in [0.2, 0.25) is 0 Å². The standard InChI is InChI=1S/C13H29N3O/c1-4-17-11-8-14-7-10-16-9-5-6-13(16)12-15(2)3/h13-14H,4-12H2,1-3H3. The normalized spacial score (nSPS) is 21.5. The van der Waals surface area contributed by atoms with Gasteiger partial charge in [-0.1, -0.05) is 0 Å². The van der Waals surface area contributed by atoms with E-state index >= 15 is 0 Å². The monoisotopic (exact) mass is 243 g/mol. The maximum Gasteiger partial charge on any atom is 0.0590 e. The van der Waals surface area contributed by atoms with Gasteiger partial charge in [0, 0.05) is 38.8 Å². The molecule has 1 saturated heterocycles. The summed E-state index contributed by atoms with van der Waals surface area (Å²) in [6.07, 6.45) is 2.72. The molecule has 0 saturated carbocycles. The highest BCUT2D eigenvalue weighted by Crippen LogP contribution is 2.16. The summed E-state index contributed by atoms with van der Waals surface area (Å²) in [7, 11) is 4.33. The molecule has 0 aromatic heterocycles. The number of nitrogens with zero attached hydrogens (tertiary/aromatic N) is 2. The molecule has 0 bridgehead atoms. The predicted octanol–water partition coefficient (Wildman–Crippen LogP) is 0.639. The Hall–Kier alpha value is -0.160. The molecule has 1 aliphatic rings. The average molecular weight is 243 g/mol. The number of ether oxygens (including phenoxy) is 1. The fourth-order valence-electron chi connectivity index (χ4n) is 2.45. The van der Waals surface area contributed by atoms with Gasteiger partial charge in [0.05, 0.1) is 6.61 Å². The summed E-state index contributed by atoms with van der Waals surface area (Å²) in [6.45, 7) is 9.37. The van der Waals surface area contributed by atoms with Crippen molar-refractivity contribution in [2.45, 2.75) is 25.8 Å². The Morgan fingerprint density at radius 1 is 1.35 bits per heavy atom. The third-order valence-corrected chi connectivity index (χ3v) is 3.28. The summed E-state index contributed by atoms with van der Waals surface area (Å²) in [5.41, 5.74) is 0. The minimum atomic E-state index is 0.763. The Bertz CT molecular complexity index is 188. The van der Waals surface area contributed by atoms with E-state index in [0.717, 1.165) is 32.3 Å². The van der Waals surface area contributed by atoms with Crippen LogP contribution >= 0.6 is 0 Å². The second-order valence-electron chi connectivity index (χ2n) is 5.04. The molecule has 0 aliphatic carbocycles. The molecule has 1 aliphatic heterocycles. The molecule has 4 heteroatoms. The number of hydrogen-bond donors (Lipinski definition) is 1. The summed E-state index contributed by atoms with van der Waals surface area (Å²) >= 11 is 0. The highest BCUT2D eigenvalue weighted by atomic mass is 16.5. The first-order valence-corrected chi connectivity index (χ1v) is 6.91. The summed E-state index contributed by atoms with van der Waals surface area (Å²) < 4.78 is 5.30. The van der Waals surface area contributed by atoms with Gasteiger partial charge in [0.15, 0.2) is 0 Å². The first kappa shape index (κ1) is 14.9. The molecular weight excluding hydrogens is 214 g/mol. The second-order valence-corrected chi connectivity index (χ2v) is 5.04. The average Bonchev–Trinajstić information content (AvgIpc) is 2.70. The van der Waals surface area contributed by atoms with Gasteiger partial charge < -0.3 is 15.0 Å². The van der Waals surface area contributed by atoms with E-state index in [1.807, 2.05) is 6.92 Å². The van der Waals surface area contributed by atoms with Crippen molar-refractivity contribution in [1.29, 1.82) is 0 Å². The Kier molecular flexibility index (Phi) is 7.77. The molecule has 1 fully saturated rings. The fraction of sp³-hybridized carbons (Fsp3) is 1.00. The van der Waals surface area contributed by atoms with Crippen LogP contribution in [-0.2, 0) is 4.74 Å². The zero-order valence-corrected chi connectivity index (χ0v) is 11.7. The van der Waals surface area contributed by atoms with Gasteiger partial charge in [-0.15, -0.1) is 0 Å². The number of rotatable bonds is 9. The van der Waals surface area contributed by atoms with Crippen LogP contribution in [0.1, 0.15) is 19.8 Å². The van der Waals surface area contributed by atoms with Crippen molar-refractivity contribution < 1.29 is 4.74 Å². The van der Waals surface area contributed by atoms with Crippen LogP contribution < -0.4 is 5.32 Å². The zero-order chi connectivity index (χ0) is 12.5. The highest BCUT2D eigenvalue weighted by molar-refractivity contribution is 4.81. The van der Waals surface area contributed by atoms with Crippen LogP contribution in [0.2, 0.25) is 0 Å². The molecule has 17 heavy (non-hydrogen) atoms. The van der Waals surface area contributed by atoms with E-state index < -0.39 is 0 Å². The number of likely N-dealkylation sites (N-methyl/N-ethyl adjacent to an activating group) is 1. The summed E-state index contributed by atoms with van der Waals surface area (Å²) in [4.78, 5) is 4.92. The van der Waals surface area contributed by atoms with Crippen LogP contribution in [0.3, 0.4) is 0 Å². The van der Waals surface area contributed by atoms with Crippen molar-refractivity contribution in [2.24, 2.45) is 0 Å². The molecule has 1 atom stereocenters. The van der Waals surface area contributed by atoms with E-state index in [0.29, 0.717) is 0 Å². The SMILES string of the molecule is CCOCCNCCN1CCCC1CN(C)C. The first-order chi connectivity index (χ1) is 8.24. The van der Waals surface area contributed by atoms with Crippen LogP contribution in [0.5, 0.6) is 0 Å². The maximum absolute atomic E-state index is 5.30. The predicted molar refractivity (Wildman–Crippen MR) is 72.5 cm³/mol. The Morgan fingerprint density at radius 2 is 2.18 bits per heavy atom. The molecule has 0 aromatic carbocycles. The second kappa shape index (κ2) is 8.86. The number of nitrogens with one attached hydrogen (secondary N) is 1. The van der Waals surface area contributed by atoms with Crippen LogP contribution in [0.25, 0.3) is 0 Å². The fourth-order valence-corrected chi connectivity index (χ4v) is 2.45. The van der Waals surface area contributed by atoms with Gasteiger partial charge in [-0.3, -0.25) is 4.90 Å². The third-order valence-electron chi connectivity index (χ3n) is 3.28. The van der Waals surface area contributed by atoms with E-state index in [9.17, 15) is 0 Å². The largest absolute Gasteiger partial charge is 0.380 e. The van der Waals surface area contributed by atoms with Crippen LogP contribution in [0.4, 0.5) is 0 Å². The summed E-state index contributed by atoms with van der Waals surface area (Å²) in [5, 5.41) is 3.44. The maximum atomic E-state index is 5.30. The topological polar surface area (TPSA) is 27.7 Å². The van der Waals surface area contributed by atoms with Gasteiger partial charge in [-0.05, 0) is 40.4 Å². The van der Waals surface area contributed by atoms with E-state index in [1.165, 1.54) is 32.5 Å². The Morgan fingerprint density at radius 3 is 2.88 bits per heavy atom. The molecule has 1 heterocycles. The lowest BCUT2D eigenvalue weighted by Crippen LogP contribution is -2.41. The van der Waals surface area contributed by atoms with Gasteiger partial charge in [-0.2, -0.15) is 0 Å². The molecule has 0 aromatic rings. The van der Waals surface area contributed by atoms with E-state index in [2.05, 4.69) is 29.2 Å². The van der Waals surface area contributed by atoms with Crippen LogP contribution in [0.15, 0.2) is 0 Å². The molecule has 0 spiro atoms. The molecule has 0 amide bonds. The lowest BCUT2D eigenvalue weighted by molar-refractivity contribution is 0.147. The van der Waals surface area contributed by atoms with Crippen molar-refractivity contribution in [2.75, 3.05) is 60.0 Å².